The molecule has 0 spiro atoms. The molecule has 0 fully saturated rings. The number of methoxy groups -OCH3 is 1. The lowest BCUT2D eigenvalue weighted by Crippen LogP contribution is -2.39. The molecule has 4 nitrogen and oxygen atoms in total. The Morgan fingerprint density at radius 1 is 1.50 bits per heavy atom. The standard InChI is InChI=1S/C13H19BrN2O2/c1-9-5-4-6-11(13(9)14)15-7-12(17)16-10(2)8-18-3/h4-6,10,15H,7-8H2,1-3H3,(H,16,17). The summed E-state index contributed by atoms with van der Waals surface area (Å²) < 4.78 is 5.95. The molecule has 0 aliphatic rings. The van der Waals surface area contributed by atoms with Gasteiger partial charge in [-0.1, -0.05) is 12.1 Å². The number of halogens is 1. The number of nitrogens with one attached hydrogen (secondary N) is 2. The summed E-state index contributed by atoms with van der Waals surface area (Å²) in [6.45, 7) is 4.68. The molecule has 0 saturated heterocycles. The SMILES string of the molecule is COCC(C)NC(=O)CNc1cccc(C)c1Br. The van der Waals surface area contributed by atoms with Crippen LogP contribution in [0.5, 0.6) is 0 Å². The van der Waals surface area contributed by atoms with Crippen molar-refractivity contribution in [2.24, 2.45) is 0 Å². The Labute approximate surface area is 116 Å². The third kappa shape index (κ3) is 4.66. The molecule has 0 radical (unpaired) electrons. The number of carbonyl (C=O) groups excluding carboxylic acids is 1. The molecule has 1 atom stereocenters. The molecule has 1 aromatic carbocycles. The monoisotopic (exact) mass is 314 g/mol. The van der Waals surface area contributed by atoms with Gasteiger partial charge in [0, 0.05) is 23.3 Å². The van der Waals surface area contributed by atoms with E-state index in [9.17, 15) is 4.79 Å². The highest BCUT2D eigenvalue weighted by Crippen LogP contribution is 2.25. The molecule has 0 saturated carbocycles. The van der Waals surface area contributed by atoms with Crippen molar-refractivity contribution in [2.75, 3.05) is 25.6 Å². The highest BCUT2D eigenvalue weighted by Gasteiger charge is 2.08. The van der Waals surface area contributed by atoms with Crippen molar-refractivity contribution in [1.29, 1.82) is 0 Å². The van der Waals surface area contributed by atoms with E-state index in [2.05, 4.69) is 26.6 Å². The van der Waals surface area contributed by atoms with Crippen molar-refractivity contribution < 1.29 is 9.53 Å². The number of anilines is 1. The molecule has 0 heterocycles. The largest absolute Gasteiger partial charge is 0.383 e. The van der Waals surface area contributed by atoms with E-state index in [4.69, 9.17) is 4.74 Å². The summed E-state index contributed by atoms with van der Waals surface area (Å²) in [5.41, 5.74) is 2.05. The zero-order valence-corrected chi connectivity index (χ0v) is 12.5. The van der Waals surface area contributed by atoms with Gasteiger partial charge >= 0.3 is 0 Å². The lowest BCUT2D eigenvalue weighted by molar-refractivity contribution is -0.120. The number of aryl methyl sites for hydroxylation is 1. The molecule has 5 heteroatoms. The van der Waals surface area contributed by atoms with Crippen LogP contribution in [0.3, 0.4) is 0 Å². The molecular formula is C13H19BrN2O2. The van der Waals surface area contributed by atoms with E-state index in [1.54, 1.807) is 7.11 Å². The number of carbonyl (C=O) groups is 1. The Morgan fingerprint density at radius 2 is 2.22 bits per heavy atom. The Kier molecular flexibility index (Phi) is 6.15. The minimum absolute atomic E-state index is 0.0188. The van der Waals surface area contributed by atoms with Crippen molar-refractivity contribution in [3.8, 4) is 0 Å². The highest BCUT2D eigenvalue weighted by molar-refractivity contribution is 9.10. The summed E-state index contributed by atoms with van der Waals surface area (Å²) in [7, 11) is 1.62. The fourth-order valence-electron chi connectivity index (χ4n) is 1.58. The van der Waals surface area contributed by atoms with Crippen molar-refractivity contribution in [3.63, 3.8) is 0 Å². The predicted molar refractivity (Wildman–Crippen MR) is 76.8 cm³/mol. The first-order valence-corrected chi connectivity index (χ1v) is 6.61. The smallest absolute Gasteiger partial charge is 0.239 e. The Hall–Kier alpha value is -1.07. The summed E-state index contributed by atoms with van der Waals surface area (Å²) in [6.07, 6.45) is 0. The van der Waals surface area contributed by atoms with E-state index in [0.717, 1.165) is 15.7 Å². The van der Waals surface area contributed by atoms with Gasteiger partial charge in [-0.2, -0.15) is 0 Å². The third-order valence-corrected chi connectivity index (χ3v) is 3.51. The maximum absolute atomic E-state index is 11.7. The van der Waals surface area contributed by atoms with Crippen LogP contribution in [0, 0.1) is 6.92 Å². The average Bonchev–Trinajstić information content (AvgIpc) is 2.31. The van der Waals surface area contributed by atoms with E-state index in [0.29, 0.717) is 6.61 Å². The number of amides is 1. The lowest BCUT2D eigenvalue weighted by Gasteiger charge is -2.14. The van der Waals surface area contributed by atoms with Gasteiger partial charge in [0.2, 0.25) is 5.91 Å². The Balaban J connectivity index is 2.45. The van der Waals surface area contributed by atoms with Crippen LogP contribution in [0.15, 0.2) is 22.7 Å². The van der Waals surface area contributed by atoms with E-state index >= 15 is 0 Å². The molecule has 0 bridgehead atoms. The van der Waals surface area contributed by atoms with Gasteiger partial charge in [0.25, 0.3) is 0 Å². The maximum atomic E-state index is 11.7. The van der Waals surface area contributed by atoms with Gasteiger partial charge in [-0.05, 0) is 41.4 Å². The van der Waals surface area contributed by atoms with Gasteiger partial charge in [-0.25, -0.2) is 0 Å². The first-order chi connectivity index (χ1) is 8.54. The normalized spacial score (nSPS) is 12.0. The molecular weight excluding hydrogens is 296 g/mol. The van der Waals surface area contributed by atoms with Crippen LogP contribution in [0.2, 0.25) is 0 Å². The third-order valence-electron chi connectivity index (χ3n) is 2.46. The number of hydrogen-bond donors (Lipinski definition) is 2. The molecule has 100 valence electrons. The Bertz CT molecular complexity index is 410. The van der Waals surface area contributed by atoms with Crippen LogP contribution in [-0.2, 0) is 9.53 Å². The first kappa shape index (κ1) is 15.0. The van der Waals surface area contributed by atoms with Gasteiger partial charge in [0.15, 0.2) is 0 Å². The fraction of sp³-hybridized carbons (Fsp3) is 0.462. The van der Waals surface area contributed by atoms with Crippen molar-refractivity contribution in [2.45, 2.75) is 19.9 Å². The molecule has 1 aromatic rings. The first-order valence-electron chi connectivity index (χ1n) is 5.82. The van der Waals surface area contributed by atoms with E-state index in [1.807, 2.05) is 32.0 Å². The van der Waals surface area contributed by atoms with Crippen LogP contribution < -0.4 is 10.6 Å². The van der Waals surface area contributed by atoms with Gasteiger partial charge in [-0.3, -0.25) is 4.79 Å². The predicted octanol–water partition coefficient (Wildman–Crippen LogP) is 2.32. The van der Waals surface area contributed by atoms with Crippen LogP contribution in [0.4, 0.5) is 5.69 Å². The highest BCUT2D eigenvalue weighted by atomic mass is 79.9. The van der Waals surface area contributed by atoms with Gasteiger partial charge in [-0.15, -0.1) is 0 Å². The van der Waals surface area contributed by atoms with E-state index in [1.165, 1.54) is 0 Å². The van der Waals surface area contributed by atoms with Crippen LogP contribution in [0.1, 0.15) is 12.5 Å². The van der Waals surface area contributed by atoms with Crippen LogP contribution in [-0.4, -0.2) is 32.2 Å². The lowest BCUT2D eigenvalue weighted by atomic mass is 10.2. The van der Waals surface area contributed by atoms with Gasteiger partial charge in [0.05, 0.1) is 13.2 Å². The molecule has 0 aliphatic heterocycles. The second kappa shape index (κ2) is 7.38. The number of ether oxygens (including phenoxy) is 1. The fourth-order valence-corrected chi connectivity index (χ4v) is 1.98. The maximum Gasteiger partial charge on any atom is 0.239 e. The molecule has 1 unspecified atom stereocenters. The van der Waals surface area contributed by atoms with Crippen molar-refractivity contribution in [3.05, 3.63) is 28.2 Å². The van der Waals surface area contributed by atoms with E-state index in [-0.39, 0.29) is 18.5 Å². The minimum Gasteiger partial charge on any atom is -0.383 e. The quantitative estimate of drug-likeness (QED) is 0.847. The molecule has 0 aromatic heterocycles. The second-order valence-electron chi connectivity index (χ2n) is 4.21. The topological polar surface area (TPSA) is 50.4 Å². The summed E-state index contributed by atoms with van der Waals surface area (Å²) in [5.74, 6) is -0.0482. The van der Waals surface area contributed by atoms with Crippen LogP contribution in [0.25, 0.3) is 0 Å². The summed E-state index contributed by atoms with van der Waals surface area (Å²) in [6, 6.07) is 5.91. The molecule has 2 N–H and O–H groups in total. The molecule has 1 amide bonds. The second-order valence-corrected chi connectivity index (χ2v) is 5.01. The minimum atomic E-state index is -0.0482. The Morgan fingerprint density at radius 3 is 2.89 bits per heavy atom. The summed E-state index contributed by atoms with van der Waals surface area (Å²) in [4.78, 5) is 11.7. The average molecular weight is 315 g/mol. The summed E-state index contributed by atoms with van der Waals surface area (Å²) in [5, 5.41) is 5.94. The summed E-state index contributed by atoms with van der Waals surface area (Å²) >= 11 is 3.49. The molecule has 0 aliphatic carbocycles. The zero-order chi connectivity index (χ0) is 13.5. The number of benzene rings is 1. The van der Waals surface area contributed by atoms with E-state index < -0.39 is 0 Å². The van der Waals surface area contributed by atoms with Crippen molar-refractivity contribution in [1.82, 2.24) is 5.32 Å². The molecule has 18 heavy (non-hydrogen) atoms. The van der Waals surface area contributed by atoms with Crippen LogP contribution >= 0.6 is 15.9 Å². The number of rotatable bonds is 6. The van der Waals surface area contributed by atoms with Gasteiger partial charge in [0.1, 0.15) is 0 Å². The van der Waals surface area contributed by atoms with Gasteiger partial charge < -0.3 is 15.4 Å². The molecule has 1 rings (SSSR count). The van der Waals surface area contributed by atoms with Crippen molar-refractivity contribution >= 4 is 27.5 Å². The number of hydrogen-bond acceptors (Lipinski definition) is 3. The zero-order valence-electron chi connectivity index (χ0n) is 10.9.